The molecule has 0 aliphatic rings. The number of hydrogen-bond acceptors (Lipinski definition) is 5. The lowest BCUT2D eigenvalue weighted by molar-refractivity contribution is -0.150. The molecule has 4 aromatic rings. The van der Waals surface area contributed by atoms with E-state index in [4.69, 9.17) is 9.15 Å². The van der Waals surface area contributed by atoms with E-state index in [0.29, 0.717) is 5.89 Å². The van der Waals surface area contributed by atoms with Crippen LogP contribution in [0, 0.1) is 6.92 Å². The van der Waals surface area contributed by atoms with Crippen molar-refractivity contribution in [1.29, 1.82) is 0 Å². The molecule has 0 saturated heterocycles. The third-order valence-corrected chi connectivity index (χ3v) is 4.88. The van der Waals surface area contributed by atoms with Gasteiger partial charge in [-0.3, -0.25) is 4.79 Å². The molecule has 0 aliphatic heterocycles. The number of aryl methyl sites for hydroxylation is 1. The summed E-state index contributed by atoms with van der Waals surface area (Å²) in [6.07, 6.45) is -0.667. The van der Waals surface area contributed by atoms with E-state index in [0.717, 1.165) is 22.3 Å². The first-order valence-corrected chi connectivity index (χ1v) is 9.82. The van der Waals surface area contributed by atoms with Crippen molar-refractivity contribution >= 4 is 5.97 Å². The summed E-state index contributed by atoms with van der Waals surface area (Å²) in [7, 11) is 0. The second-order valence-electron chi connectivity index (χ2n) is 7.14. The fraction of sp³-hybridized carbons (Fsp3) is 0.160. The Bertz CT molecular complexity index is 1070. The van der Waals surface area contributed by atoms with Crippen LogP contribution in [0.3, 0.4) is 0 Å². The van der Waals surface area contributed by atoms with Gasteiger partial charge in [0.1, 0.15) is 5.92 Å². The summed E-state index contributed by atoms with van der Waals surface area (Å²) in [4.78, 5) is 13.1. The first-order valence-electron chi connectivity index (χ1n) is 9.82. The highest BCUT2D eigenvalue weighted by molar-refractivity contribution is 5.82. The van der Waals surface area contributed by atoms with Crippen molar-refractivity contribution in [2.45, 2.75) is 25.9 Å². The maximum Gasteiger partial charge on any atom is 0.318 e. The van der Waals surface area contributed by atoms with Crippen molar-refractivity contribution in [3.05, 3.63) is 108 Å². The number of nitrogens with zero attached hydrogens (tertiary/aromatic N) is 2. The van der Waals surface area contributed by atoms with Crippen molar-refractivity contribution in [3.8, 4) is 11.5 Å². The van der Waals surface area contributed by atoms with E-state index >= 15 is 0 Å². The fourth-order valence-electron chi connectivity index (χ4n) is 3.26. The molecule has 0 aliphatic carbocycles. The lowest BCUT2D eigenvalue weighted by atomic mass is 9.91. The number of aromatic nitrogens is 2. The van der Waals surface area contributed by atoms with Crippen LogP contribution in [0.5, 0.6) is 0 Å². The van der Waals surface area contributed by atoms with E-state index in [9.17, 15) is 4.79 Å². The third kappa shape index (κ3) is 4.30. The Morgan fingerprint density at radius 1 is 0.833 bits per heavy atom. The molecule has 0 bridgehead atoms. The molecule has 0 radical (unpaired) electrons. The Kier molecular flexibility index (Phi) is 5.70. The Morgan fingerprint density at radius 3 is 1.97 bits per heavy atom. The normalized spacial score (nSPS) is 12.0. The van der Waals surface area contributed by atoms with E-state index in [1.54, 1.807) is 6.92 Å². The van der Waals surface area contributed by atoms with Gasteiger partial charge in [-0.25, -0.2) is 0 Å². The summed E-state index contributed by atoms with van der Waals surface area (Å²) in [6.45, 7) is 3.75. The van der Waals surface area contributed by atoms with E-state index < -0.39 is 12.0 Å². The van der Waals surface area contributed by atoms with Crippen molar-refractivity contribution in [3.63, 3.8) is 0 Å². The van der Waals surface area contributed by atoms with Crippen LogP contribution < -0.4 is 0 Å². The van der Waals surface area contributed by atoms with Crippen molar-refractivity contribution in [1.82, 2.24) is 10.2 Å². The number of ether oxygens (including phenoxy) is 1. The van der Waals surface area contributed by atoms with Crippen LogP contribution in [0.4, 0.5) is 0 Å². The van der Waals surface area contributed by atoms with Gasteiger partial charge in [0.15, 0.2) is 6.10 Å². The van der Waals surface area contributed by atoms with Crippen LogP contribution in [-0.4, -0.2) is 16.2 Å². The molecule has 4 rings (SSSR count). The lowest BCUT2D eigenvalue weighted by Gasteiger charge is -2.19. The van der Waals surface area contributed by atoms with Gasteiger partial charge in [0.2, 0.25) is 5.89 Å². The zero-order chi connectivity index (χ0) is 20.9. The van der Waals surface area contributed by atoms with Crippen molar-refractivity contribution < 1.29 is 13.9 Å². The summed E-state index contributed by atoms with van der Waals surface area (Å²) in [5.74, 6) is -0.237. The molecule has 1 heterocycles. The smallest absolute Gasteiger partial charge is 0.318 e. The number of esters is 1. The Labute approximate surface area is 175 Å². The Balaban J connectivity index is 1.55. The van der Waals surface area contributed by atoms with Gasteiger partial charge in [-0.05, 0) is 37.1 Å². The number of hydrogen-bond donors (Lipinski definition) is 0. The minimum absolute atomic E-state index is 0.263. The monoisotopic (exact) mass is 398 g/mol. The summed E-state index contributed by atoms with van der Waals surface area (Å²) >= 11 is 0. The molecule has 1 aromatic heterocycles. The SMILES string of the molecule is Cc1ccc(-c2nnc([C@H](C)OC(=O)C(c3ccccc3)c3ccccc3)o2)cc1. The van der Waals surface area contributed by atoms with Gasteiger partial charge in [0.25, 0.3) is 5.89 Å². The molecule has 150 valence electrons. The van der Waals surface area contributed by atoms with Crippen LogP contribution in [0.15, 0.2) is 89.3 Å². The highest BCUT2D eigenvalue weighted by Gasteiger charge is 2.28. The third-order valence-electron chi connectivity index (χ3n) is 4.88. The second kappa shape index (κ2) is 8.74. The van der Waals surface area contributed by atoms with Gasteiger partial charge in [-0.1, -0.05) is 78.4 Å². The maximum absolute atomic E-state index is 13.1. The summed E-state index contributed by atoms with van der Waals surface area (Å²) in [6, 6.07) is 27.0. The highest BCUT2D eigenvalue weighted by atomic mass is 16.6. The Morgan fingerprint density at radius 2 is 1.40 bits per heavy atom. The minimum atomic E-state index is -0.667. The largest absolute Gasteiger partial charge is 0.452 e. The molecule has 3 aromatic carbocycles. The quantitative estimate of drug-likeness (QED) is 0.402. The van der Waals surface area contributed by atoms with Crippen LogP contribution in [0.1, 0.15) is 41.5 Å². The molecule has 5 nitrogen and oxygen atoms in total. The maximum atomic E-state index is 13.1. The van der Waals surface area contributed by atoms with Gasteiger partial charge in [0.05, 0.1) is 0 Å². The van der Waals surface area contributed by atoms with Crippen LogP contribution >= 0.6 is 0 Å². The minimum Gasteiger partial charge on any atom is -0.452 e. The van der Waals surface area contributed by atoms with Crippen LogP contribution in [0.2, 0.25) is 0 Å². The number of rotatable bonds is 6. The van der Waals surface area contributed by atoms with E-state index in [-0.39, 0.29) is 11.9 Å². The average molecular weight is 398 g/mol. The molecule has 0 N–H and O–H groups in total. The second-order valence-corrected chi connectivity index (χ2v) is 7.14. The molecule has 0 spiro atoms. The first-order chi connectivity index (χ1) is 14.6. The first kappa shape index (κ1) is 19.6. The van der Waals surface area contributed by atoms with Crippen LogP contribution in [-0.2, 0) is 9.53 Å². The van der Waals surface area contributed by atoms with E-state index in [1.807, 2.05) is 91.9 Å². The van der Waals surface area contributed by atoms with Crippen molar-refractivity contribution in [2.75, 3.05) is 0 Å². The average Bonchev–Trinajstić information content (AvgIpc) is 3.26. The molecule has 0 amide bonds. The molecule has 0 fully saturated rings. The number of benzene rings is 3. The molecule has 5 heteroatoms. The number of carbonyl (C=O) groups excluding carboxylic acids is 1. The molecular weight excluding hydrogens is 376 g/mol. The molecule has 0 saturated carbocycles. The summed E-state index contributed by atoms with van der Waals surface area (Å²) < 4.78 is 11.5. The summed E-state index contributed by atoms with van der Waals surface area (Å²) in [5.41, 5.74) is 3.71. The zero-order valence-electron chi connectivity index (χ0n) is 16.9. The van der Waals surface area contributed by atoms with Gasteiger partial charge in [-0.2, -0.15) is 0 Å². The van der Waals surface area contributed by atoms with Gasteiger partial charge in [-0.15, -0.1) is 10.2 Å². The highest BCUT2D eigenvalue weighted by Crippen LogP contribution is 2.29. The van der Waals surface area contributed by atoms with Gasteiger partial charge in [0, 0.05) is 5.56 Å². The molecule has 1 atom stereocenters. The van der Waals surface area contributed by atoms with Crippen LogP contribution in [0.25, 0.3) is 11.5 Å². The van der Waals surface area contributed by atoms with E-state index in [1.165, 1.54) is 0 Å². The van der Waals surface area contributed by atoms with Gasteiger partial charge < -0.3 is 9.15 Å². The topological polar surface area (TPSA) is 65.2 Å². The fourth-order valence-corrected chi connectivity index (χ4v) is 3.26. The van der Waals surface area contributed by atoms with E-state index in [2.05, 4.69) is 10.2 Å². The zero-order valence-corrected chi connectivity index (χ0v) is 16.9. The van der Waals surface area contributed by atoms with Gasteiger partial charge >= 0.3 is 5.97 Å². The predicted octanol–water partition coefficient (Wildman–Crippen LogP) is 5.48. The predicted molar refractivity (Wildman–Crippen MR) is 114 cm³/mol. The number of carbonyl (C=O) groups is 1. The molecule has 30 heavy (non-hydrogen) atoms. The molecule has 0 unspecified atom stereocenters. The van der Waals surface area contributed by atoms with Crippen molar-refractivity contribution in [2.24, 2.45) is 0 Å². The lowest BCUT2D eigenvalue weighted by Crippen LogP contribution is -2.19. The molecular formula is C25H22N2O3. The standard InChI is InChI=1S/C25H22N2O3/c1-17-13-15-21(16-14-17)24-27-26-23(30-24)18(2)29-25(28)22(19-9-5-3-6-10-19)20-11-7-4-8-12-20/h3-16,18,22H,1-2H3/t18-/m0/s1. The Hall–Kier alpha value is -3.73. The summed E-state index contributed by atoms with van der Waals surface area (Å²) in [5, 5.41) is 8.18.